The zero-order valence-corrected chi connectivity index (χ0v) is 21.7. The van der Waals surface area contributed by atoms with Crippen molar-refractivity contribution >= 4 is 38.4 Å². The molecule has 0 fully saturated rings. The Morgan fingerprint density at radius 2 is 1.68 bits per heavy atom. The van der Waals surface area contributed by atoms with Gasteiger partial charge in [-0.2, -0.15) is 26.3 Å². The van der Waals surface area contributed by atoms with E-state index in [0.29, 0.717) is 19.7 Å². The van der Waals surface area contributed by atoms with Crippen molar-refractivity contribution in [1.29, 1.82) is 0 Å². The van der Waals surface area contributed by atoms with Gasteiger partial charge < -0.3 is 24.4 Å². The number of sulfonamides is 1. The number of carbonyl (C=O) groups is 1. The van der Waals surface area contributed by atoms with Gasteiger partial charge in [-0.05, 0) is 29.6 Å². The van der Waals surface area contributed by atoms with Crippen LogP contribution in [0.2, 0.25) is 0 Å². The summed E-state index contributed by atoms with van der Waals surface area (Å²) in [4.78, 5) is 22.4. The number of hydrogen-bond donors (Lipinski definition) is 1. The standard InChI is InChI=1S/C22H20F6N4O7S/c1-11(21(23,24)25)38-16-6-5-13(40(34,35)32(2)39-20(33)22(26,27)28)9-14(16)31-19-18-15(29-10-30-19)7-12(36-3)8-17(18)37-4/h5-11H,1-4H3,(H,29,30,31). The van der Waals surface area contributed by atoms with E-state index in [-0.39, 0.29) is 26.9 Å². The average molecular weight is 598 g/mol. The molecule has 1 unspecified atom stereocenters. The first-order valence-electron chi connectivity index (χ1n) is 10.8. The lowest BCUT2D eigenvalue weighted by Gasteiger charge is -2.22. The maximum absolute atomic E-state index is 13.2. The van der Waals surface area contributed by atoms with Crippen LogP contribution in [-0.2, 0) is 19.7 Å². The second-order valence-electron chi connectivity index (χ2n) is 7.82. The first kappa shape index (κ1) is 30.5. The Balaban J connectivity index is 2.14. The van der Waals surface area contributed by atoms with E-state index in [1.54, 1.807) is 0 Å². The van der Waals surface area contributed by atoms with Gasteiger partial charge in [-0.3, -0.25) is 0 Å². The highest BCUT2D eigenvalue weighted by molar-refractivity contribution is 7.89. The summed E-state index contributed by atoms with van der Waals surface area (Å²) in [5, 5.41) is 2.88. The van der Waals surface area contributed by atoms with E-state index in [2.05, 4.69) is 20.1 Å². The molecule has 1 heterocycles. The van der Waals surface area contributed by atoms with Crippen LogP contribution < -0.4 is 19.5 Å². The van der Waals surface area contributed by atoms with Crippen molar-refractivity contribution in [2.75, 3.05) is 26.6 Å². The second-order valence-corrected chi connectivity index (χ2v) is 9.76. The highest BCUT2D eigenvalue weighted by Gasteiger charge is 2.44. The van der Waals surface area contributed by atoms with Crippen molar-refractivity contribution in [2.24, 2.45) is 0 Å². The minimum absolute atomic E-state index is 0.0691. The first-order chi connectivity index (χ1) is 18.5. The molecule has 40 heavy (non-hydrogen) atoms. The van der Waals surface area contributed by atoms with Crippen LogP contribution in [-0.4, -0.2) is 68.5 Å². The first-order valence-corrected chi connectivity index (χ1v) is 12.2. The summed E-state index contributed by atoms with van der Waals surface area (Å²) >= 11 is 0. The van der Waals surface area contributed by atoms with Gasteiger partial charge in [0.25, 0.3) is 10.0 Å². The molecule has 11 nitrogen and oxygen atoms in total. The summed E-state index contributed by atoms with van der Waals surface area (Å²) in [6.07, 6.45) is -11.6. The Morgan fingerprint density at radius 1 is 1.00 bits per heavy atom. The molecule has 0 saturated heterocycles. The normalized spacial score (nSPS) is 13.2. The van der Waals surface area contributed by atoms with E-state index in [1.165, 1.54) is 26.4 Å². The lowest BCUT2D eigenvalue weighted by atomic mass is 10.2. The molecular formula is C22H20F6N4O7S. The molecule has 0 spiro atoms. The number of alkyl halides is 6. The number of anilines is 2. The quantitative estimate of drug-likeness (QED) is 0.280. The van der Waals surface area contributed by atoms with Gasteiger partial charge in [0.15, 0.2) is 6.10 Å². The van der Waals surface area contributed by atoms with Crippen LogP contribution in [0.4, 0.5) is 37.8 Å². The van der Waals surface area contributed by atoms with Gasteiger partial charge in [0.2, 0.25) is 0 Å². The van der Waals surface area contributed by atoms with Gasteiger partial charge in [0.1, 0.15) is 29.4 Å². The predicted molar refractivity (Wildman–Crippen MR) is 126 cm³/mol. The van der Waals surface area contributed by atoms with Crippen LogP contribution in [0.3, 0.4) is 0 Å². The number of hydroxylamine groups is 1. The number of aromatic nitrogens is 2. The third-order valence-corrected chi connectivity index (χ3v) is 6.78. The van der Waals surface area contributed by atoms with Crippen molar-refractivity contribution in [1.82, 2.24) is 14.4 Å². The van der Waals surface area contributed by atoms with Crippen molar-refractivity contribution in [2.45, 2.75) is 30.3 Å². The van der Waals surface area contributed by atoms with E-state index < -0.39 is 50.8 Å². The van der Waals surface area contributed by atoms with Gasteiger partial charge in [0, 0.05) is 19.2 Å². The fourth-order valence-electron chi connectivity index (χ4n) is 3.12. The minimum atomic E-state index is -5.50. The molecule has 3 aromatic rings. The van der Waals surface area contributed by atoms with Crippen LogP contribution in [0, 0.1) is 0 Å². The number of nitrogens with one attached hydrogen (secondary N) is 1. The molecule has 3 rings (SSSR count). The largest absolute Gasteiger partial charge is 0.497 e. The van der Waals surface area contributed by atoms with Gasteiger partial charge >= 0.3 is 18.3 Å². The molecule has 1 aromatic heterocycles. The Bertz CT molecular complexity index is 1520. The molecule has 0 bridgehead atoms. The summed E-state index contributed by atoms with van der Waals surface area (Å²) in [6.45, 7) is 0.703. The van der Waals surface area contributed by atoms with E-state index in [4.69, 9.17) is 14.2 Å². The minimum Gasteiger partial charge on any atom is -0.497 e. The molecule has 0 aliphatic rings. The predicted octanol–water partition coefficient (Wildman–Crippen LogP) is 4.36. The summed E-state index contributed by atoms with van der Waals surface area (Å²) in [6, 6.07) is 5.31. The average Bonchev–Trinajstić information content (AvgIpc) is 2.87. The van der Waals surface area contributed by atoms with Crippen LogP contribution in [0.15, 0.2) is 41.6 Å². The molecule has 218 valence electrons. The molecule has 18 heteroatoms. The van der Waals surface area contributed by atoms with Crippen LogP contribution >= 0.6 is 0 Å². The number of halogens is 6. The molecule has 0 amide bonds. The number of ether oxygens (including phenoxy) is 3. The number of fused-ring (bicyclic) bond motifs is 1. The molecule has 0 aliphatic carbocycles. The second kappa shape index (κ2) is 11.2. The van der Waals surface area contributed by atoms with Crippen LogP contribution in [0.5, 0.6) is 17.2 Å². The maximum Gasteiger partial charge on any atom is 0.492 e. The Hall–Kier alpha value is -4.06. The number of rotatable bonds is 9. The number of nitrogens with zero attached hydrogens (tertiary/aromatic N) is 3. The zero-order chi connectivity index (χ0) is 30.0. The lowest BCUT2D eigenvalue weighted by molar-refractivity contribution is -0.219. The highest BCUT2D eigenvalue weighted by atomic mass is 32.2. The fourth-order valence-corrected chi connectivity index (χ4v) is 4.09. The number of benzene rings is 2. The molecule has 1 atom stereocenters. The third-order valence-electron chi connectivity index (χ3n) is 5.18. The number of methoxy groups -OCH3 is 2. The number of carbonyl (C=O) groups excluding carboxylic acids is 1. The number of hydrogen-bond acceptors (Lipinski definition) is 10. The van der Waals surface area contributed by atoms with Gasteiger partial charge in [0.05, 0.1) is 35.7 Å². The van der Waals surface area contributed by atoms with Crippen LogP contribution in [0.25, 0.3) is 10.9 Å². The molecule has 0 radical (unpaired) electrons. The summed E-state index contributed by atoms with van der Waals surface area (Å²) < 4.78 is 118. The van der Waals surface area contributed by atoms with E-state index in [1.807, 2.05) is 0 Å². The monoisotopic (exact) mass is 598 g/mol. The Labute approximate surface area is 222 Å². The smallest absolute Gasteiger partial charge is 0.492 e. The van der Waals surface area contributed by atoms with Crippen molar-refractivity contribution in [3.63, 3.8) is 0 Å². The maximum atomic E-state index is 13.2. The van der Waals surface area contributed by atoms with E-state index >= 15 is 0 Å². The van der Waals surface area contributed by atoms with Gasteiger partial charge in [-0.15, -0.1) is 0 Å². The summed E-state index contributed by atoms with van der Waals surface area (Å²) in [5.74, 6) is -2.86. The van der Waals surface area contributed by atoms with E-state index in [9.17, 15) is 39.6 Å². The summed E-state index contributed by atoms with van der Waals surface area (Å²) in [5.41, 5.74) is -0.131. The van der Waals surface area contributed by atoms with Crippen LogP contribution in [0.1, 0.15) is 6.92 Å². The molecular weight excluding hydrogens is 578 g/mol. The fraction of sp³-hybridized carbons (Fsp3) is 0.318. The Morgan fingerprint density at radius 3 is 2.25 bits per heavy atom. The zero-order valence-electron chi connectivity index (χ0n) is 20.9. The molecule has 1 N–H and O–H groups in total. The molecule has 0 saturated carbocycles. The van der Waals surface area contributed by atoms with Gasteiger partial charge in [-0.25, -0.2) is 23.2 Å². The summed E-state index contributed by atoms with van der Waals surface area (Å²) in [7, 11) is -1.72. The Kier molecular flexibility index (Phi) is 8.54. The third kappa shape index (κ3) is 6.56. The molecule has 2 aromatic carbocycles. The topological polar surface area (TPSA) is 129 Å². The lowest BCUT2D eigenvalue weighted by Crippen LogP contribution is -2.36. The van der Waals surface area contributed by atoms with Crippen molar-refractivity contribution < 1.29 is 58.6 Å². The van der Waals surface area contributed by atoms with Crippen molar-refractivity contribution in [3.8, 4) is 17.2 Å². The SMILES string of the molecule is COc1cc(OC)c2c(Nc3cc(S(=O)(=O)N(C)OC(=O)C(F)(F)F)ccc3OC(C)C(F)(F)F)ncnc2c1. The van der Waals surface area contributed by atoms with Crippen molar-refractivity contribution in [3.05, 3.63) is 36.7 Å². The molecule has 0 aliphatic heterocycles. The van der Waals surface area contributed by atoms with Gasteiger partial charge in [-0.1, -0.05) is 0 Å². The highest BCUT2D eigenvalue weighted by Crippen LogP contribution is 2.39. The van der Waals surface area contributed by atoms with E-state index in [0.717, 1.165) is 24.5 Å².